The first-order valence-electron chi connectivity index (χ1n) is 10.2. The molecule has 0 spiro atoms. The van der Waals surface area contributed by atoms with Crippen molar-refractivity contribution in [1.29, 1.82) is 0 Å². The second-order valence-electron chi connectivity index (χ2n) is 8.53. The first-order valence-corrected chi connectivity index (χ1v) is 10.2. The van der Waals surface area contributed by atoms with Gasteiger partial charge in [0.15, 0.2) is 11.6 Å². The maximum absolute atomic E-state index is 13.2. The number of urea groups is 1. The number of carbonyl (C=O) groups excluding carboxylic acids is 2. The largest absolute Gasteiger partial charge is 0.359 e. The van der Waals surface area contributed by atoms with Gasteiger partial charge in [0.2, 0.25) is 5.91 Å². The number of halogens is 1. The van der Waals surface area contributed by atoms with Crippen LogP contribution in [-0.4, -0.2) is 45.4 Å². The van der Waals surface area contributed by atoms with Crippen LogP contribution in [0, 0.1) is 18.7 Å². The van der Waals surface area contributed by atoms with Crippen LogP contribution in [0.3, 0.4) is 0 Å². The molecule has 2 bridgehead atoms. The number of likely N-dealkylation sites (tertiary alicyclic amines) is 1. The quantitative estimate of drug-likeness (QED) is 0.806. The molecule has 2 aromatic rings. The summed E-state index contributed by atoms with van der Waals surface area (Å²) >= 11 is 0. The van der Waals surface area contributed by atoms with Gasteiger partial charge in [0, 0.05) is 24.3 Å². The summed E-state index contributed by atoms with van der Waals surface area (Å²) in [4.78, 5) is 35.2. The van der Waals surface area contributed by atoms with Crippen molar-refractivity contribution in [1.82, 2.24) is 20.2 Å². The molecule has 1 aliphatic carbocycles. The maximum Gasteiger partial charge on any atom is 0.322 e. The number of benzene rings is 1. The maximum atomic E-state index is 13.2. The normalized spacial score (nSPS) is 24.7. The summed E-state index contributed by atoms with van der Waals surface area (Å²) in [6.45, 7) is 4.09. The first-order chi connectivity index (χ1) is 14.3. The summed E-state index contributed by atoms with van der Waals surface area (Å²) in [5.41, 5.74) is 1.84. The topological polar surface area (TPSA) is 87.2 Å². The van der Waals surface area contributed by atoms with Crippen molar-refractivity contribution < 1.29 is 14.0 Å². The number of aryl methyl sites for hydroxylation is 1. The first kappa shape index (κ1) is 20.3. The van der Waals surface area contributed by atoms with E-state index in [9.17, 15) is 14.0 Å². The van der Waals surface area contributed by atoms with Gasteiger partial charge in [0.1, 0.15) is 0 Å². The lowest BCUT2D eigenvalue weighted by molar-refractivity contribution is -0.134. The van der Waals surface area contributed by atoms with Crippen LogP contribution in [-0.2, 0) is 4.79 Å². The van der Waals surface area contributed by atoms with Crippen molar-refractivity contribution in [3.63, 3.8) is 0 Å². The lowest BCUT2D eigenvalue weighted by atomic mass is 9.63. The highest BCUT2D eigenvalue weighted by Gasteiger charge is 2.58. The highest BCUT2D eigenvalue weighted by Crippen LogP contribution is 2.51. The Hall–Kier alpha value is -3.03. The van der Waals surface area contributed by atoms with Crippen molar-refractivity contribution in [2.24, 2.45) is 5.92 Å². The van der Waals surface area contributed by atoms with E-state index in [-0.39, 0.29) is 18.0 Å². The van der Waals surface area contributed by atoms with E-state index in [0.29, 0.717) is 23.9 Å². The molecule has 4 rings (SSSR count). The highest BCUT2D eigenvalue weighted by molar-refractivity contribution is 5.92. The molecule has 7 nitrogen and oxygen atoms in total. The Bertz CT molecular complexity index is 980. The van der Waals surface area contributed by atoms with Gasteiger partial charge in [0.25, 0.3) is 0 Å². The molecular weight excluding hydrogens is 385 g/mol. The Morgan fingerprint density at radius 3 is 2.70 bits per heavy atom. The summed E-state index contributed by atoms with van der Waals surface area (Å²) in [5, 5.41) is 5.66. The van der Waals surface area contributed by atoms with E-state index in [1.807, 2.05) is 24.0 Å². The van der Waals surface area contributed by atoms with E-state index in [0.717, 1.165) is 42.8 Å². The highest BCUT2D eigenvalue weighted by atomic mass is 19.1. The van der Waals surface area contributed by atoms with Crippen LogP contribution in [0.5, 0.6) is 0 Å². The summed E-state index contributed by atoms with van der Waals surface area (Å²) in [7, 11) is 1.62. The molecule has 1 saturated carbocycles. The molecule has 0 unspecified atom stereocenters. The fourth-order valence-electron chi connectivity index (χ4n) is 5.04. The predicted octanol–water partition coefficient (Wildman–Crippen LogP) is 3.50. The molecule has 1 aromatic heterocycles. The van der Waals surface area contributed by atoms with Gasteiger partial charge in [0.05, 0.1) is 24.4 Å². The average Bonchev–Trinajstić information content (AvgIpc) is 2.69. The zero-order chi connectivity index (χ0) is 21.5. The lowest BCUT2D eigenvalue weighted by Gasteiger charge is -2.63. The van der Waals surface area contributed by atoms with Crippen LogP contribution in [0.1, 0.15) is 38.2 Å². The minimum absolute atomic E-state index is 0.0496. The van der Waals surface area contributed by atoms with Gasteiger partial charge >= 0.3 is 6.03 Å². The Morgan fingerprint density at radius 2 is 2.00 bits per heavy atom. The fraction of sp³-hybridized carbons (Fsp3) is 0.455. The van der Waals surface area contributed by atoms with Crippen LogP contribution in [0.15, 0.2) is 30.6 Å². The SMILES string of the molecule is CNC(=O)C[C@]12C[C@@H](C)C[C@H](C1)N2C(=O)Nc1ccc(C)c(-c2ncc(F)cn2)c1. The van der Waals surface area contributed by atoms with Gasteiger partial charge in [-0.05, 0) is 49.8 Å². The number of nitrogens with zero attached hydrogens (tertiary/aromatic N) is 3. The Morgan fingerprint density at radius 1 is 1.27 bits per heavy atom. The number of piperidine rings is 1. The van der Waals surface area contributed by atoms with Crippen molar-refractivity contribution in [2.75, 3.05) is 12.4 Å². The van der Waals surface area contributed by atoms with Gasteiger partial charge in [-0.15, -0.1) is 0 Å². The molecular formula is C22H26FN5O2. The summed E-state index contributed by atoms with van der Waals surface area (Å²) < 4.78 is 13.2. The number of nitrogens with one attached hydrogen (secondary N) is 2. The number of rotatable bonds is 4. The summed E-state index contributed by atoms with van der Waals surface area (Å²) in [6.07, 6.45) is 5.20. The number of amides is 3. The van der Waals surface area contributed by atoms with Crippen LogP contribution < -0.4 is 10.6 Å². The Balaban J connectivity index is 1.56. The number of fused-ring (bicyclic) bond motifs is 2. The molecule has 1 aromatic carbocycles. The van der Waals surface area contributed by atoms with E-state index in [1.165, 1.54) is 0 Å². The van der Waals surface area contributed by atoms with Crippen LogP contribution in [0.25, 0.3) is 11.4 Å². The smallest absolute Gasteiger partial charge is 0.322 e. The second-order valence-corrected chi connectivity index (χ2v) is 8.53. The zero-order valence-corrected chi connectivity index (χ0v) is 17.4. The van der Waals surface area contributed by atoms with Crippen molar-refractivity contribution in [3.8, 4) is 11.4 Å². The van der Waals surface area contributed by atoms with Gasteiger partial charge < -0.3 is 15.5 Å². The molecule has 1 saturated heterocycles. The number of carbonyl (C=O) groups is 2. The minimum Gasteiger partial charge on any atom is -0.359 e. The molecule has 3 atom stereocenters. The van der Waals surface area contributed by atoms with Gasteiger partial charge in [-0.2, -0.15) is 0 Å². The number of anilines is 1. The molecule has 3 amide bonds. The van der Waals surface area contributed by atoms with Crippen molar-refractivity contribution in [3.05, 3.63) is 42.0 Å². The van der Waals surface area contributed by atoms with Crippen LogP contribution in [0.4, 0.5) is 14.9 Å². The van der Waals surface area contributed by atoms with E-state index in [2.05, 4.69) is 27.5 Å². The second kappa shape index (κ2) is 7.66. The van der Waals surface area contributed by atoms with Crippen LogP contribution >= 0.6 is 0 Å². The summed E-state index contributed by atoms with van der Waals surface area (Å²) in [5.74, 6) is 0.335. The standard InChI is InChI=1S/C22H26FN5O2/c1-13-6-17-9-22(8-13,10-19(29)24-3)28(17)21(30)27-16-5-4-14(2)18(7-16)20-25-11-15(23)12-26-20/h4-5,7,11-13,17H,6,8-10H2,1-3H3,(H,24,29)(H,27,30)/t13-,17+,22-/m0/s1. The molecule has 8 heteroatoms. The van der Waals surface area contributed by atoms with Crippen molar-refractivity contribution >= 4 is 17.6 Å². The molecule has 2 aliphatic rings. The predicted molar refractivity (Wildman–Crippen MR) is 111 cm³/mol. The fourth-order valence-corrected chi connectivity index (χ4v) is 5.04. The van der Waals surface area contributed by atoms with Crippen molar-refractivity contribution in [2.45, 2.75) is 51.1 Å². The van der Waals surface area contributed by atoms with Gasteiger partial charge in [-0.3, -0.25) is 4.79 Å². The van der Waals surface area contributed by atoms with Gasteiger partial charge in [-0.1, -0.05) is 13.0 Å². The van der Waals surface area contributed by atoms with E-state index < -0.39 is 11.4 Å². The summed E-state index contributed by atoms with van der Waals surface area (Å²) in [6, 6.07) is 5.45. The molecule has 2 N–H and O–H groups in total. The number of hydrogen-bond donors (Lipinski definition) is 2. The zero-order valence-electron chi connectivity index (χ0n) is 17.4. The third kappa shape index (κ3) is 3.62. The third-order valence-electron chi connectivity index (χ3n) is 6.23. The molecule has 1 aliphatic heterocycles. The molecule has 2 fully saturated rings. The van der Waals surface area contributed by atoms with E-state index in [4.69, 9.17) is 0 Å². The molecule has 2 heterocycles. The van der Waals surface area contributed by atoms with E-state index >= 15 is 0 Å². The minimum atomic E-state index is -0.499. The lowest BCUT2D eigenvalue weighted by Crippen LogP contribution is -2.73. The van der Waals surface area contributed by atoms with E-state index in [1.54, 1.807) is 13.1 Å². The number of aromatic nitrogens is 2. The monoisotopic (exact) mass is 411 g/mol. The number of hydrogen-bond acceptors (Lipinski definition) is 4. The Kier molecular flexibility index (Phi) is 5.17. The molecule has 158 valence electrons. The molecule has 0 radical (unpaired) electrons. The van der Waals surface area contributed by atoms with Crippen LogP contribution in [0.2, 0.25) is 0 Å². The average molecular weight is 411 g/mol. The molecule has 30 heavy (non-hydrogen) atoms. The van der Waals surface area contributed by atoms with Gasteiger partial charge in [-0.25, -0.2) is 19.2 Å². The third-order valence-corrected chi connectivity index (χ3v) is 6.23. The Labute approximate surface area is 175 Å².